The Labute approximate surface area is 155 Å². The van der Waals surface area contributed by atoms with Gasteiger partial charge in [0.25, 0.3) is 0 Å². The molecule has 1 aliphatic heterocycles. The van der Waals surface area contributed by atoms with E-state index in [0.717, 1.165) is 12.1 Å². The van der Waals surface area contributed by atoms with E-state index in [1.54, 1.807) is 31.2 Å². The van der Waals surface area contributed by atoms with E-state index < -0.39 is 23.6 Å². The van der Waals surface area contributed by atoms with E-state index in [1.165, 1.54) is 18.1 Å². The van der Waals surface area contributed by atoms with E-state index in [4.69, 9.17) is 4.74 Å². The number of benzene rings is 2. The molecule has 1 fully saturated rings. The summed E-state index contributed by atoms with van der Waals surface area (Å²) in [6.07, 6.45) is 0.0711. The Kier molecular flexibility index (Phi) is 5.39. The van der Waals surface area contributed by atoms with E-state index in [2.05, 4.69) is 5.32 Å². The van der Waals surface area contributed by atoms with Gasteiger partial charge in [-0.1, -0.05) is 12.1 Å². The largest absolute Gasteiger partial charge is 0.497 e. The topological polar surface area (TPSA) is 58.6 Å². The summed E-state index contributed by atoms with van der Waals surface area (Å²) in [5, 5.41) is 2.71. The van der Waals surface area contributed by atoms with Crippen molar-refractivity contribution in [2.45, 2.75) is 19.4 Å². The second-order valence-electron chi connectivity index (χ2n) is 6.50. The molecule has 0 aromatic heterocycles. The SMILES string of the molecule is COc1cccc(N2C[C@H](C(=O)N[C@H](C)c3ccc(F)cc3F)CC2=O)c1. The van der Waals surface area contributed by atoms with Crippen LogP contribution in [0.25, 0.3) is 0 Å². The molecule has 1 heterocycles. The molecule has 27 heavy (non-hydrogen) atoms. The number of amides is 2. The minimum absolute atomic E-state index is 0.0711. The molecule has 0 bridgehead atoms. The monoisotopic (exact) mass is 374 g/mol. The van der Waals surface area contributed by atoms with E-state index in [0.29, 0.717) is 11.4 Å². The molecule has 2 atom stereocenters. The van der Waals surface area contributed by atoms with Gasteiger partial charge in [0.1, 0.15) is 17.4 Å². The van der Waals surface area contributed by atoms with E-state index in [-0.39, 0.29) is 30.3 Å². The lowest BCUT2D eigenvalue weighted by molar-refractivity contribution is -0.126. The Hall–Kier alpha value is -2.96. The molecule has 2 amide bonds. The van der Waals surface area contributed by atoms with Crippen LogP contribution >= 0.6 is 0 Å². The molecule has 1 aliphatic rings. The smallest absolute Gasteiger partial charge is 0.227 e. The predicted molar refractivity (Wildman–Crippen MR) is 96.4 cm³/mol. The first kappa shape index (κ1) is 18.8. The molecule has 1 saturated heterocycles. The van der Waals surface area contributed by atoms with Crippen LogP contribution in [-0.2, 0) is 9.59 Å². The summed E-state index contributed by atoms with van der Waals surface area (Å²) in [5.41, 5.74) is 0.853. The Balaban J connectivity index is 1.68. The highest BCUT2D eigenvalue weighted by Gasteiger charge is 2.35. The van der Waals surface area contributed by atoms with Gasteiger partial charge in [-0.25, -0.2) is 8.78 Å². The summed E-state index contributed by atoms with van der Waals surface area (Å²) in [6.45, 7) is 1.85. The van der Waals surface area contributed by atoms with E-state index in [1.807, 2.05) is 0 Å². The van der Waals surface area contributed by atoms with Gasteiger partial charge in [-0.2, -0.15) is 0 Å². The van der Waals surface area contributed by atoms with Crippen LogP contribution in [0, 0.1) is 17.6 Å². The number of nitrogens with one attached hydrogen (secondary N) is 1. The maximum absolute atomic E-state index is 13.9. The van der Waals surface area contributed by atoms with Gasteiger partial charge in [0, 0.05) is 36.3 Å². The zero-order valence-corrected chi connectivity index (χ0v) is 15.0. The van der Waals surface area contributed by atoms with Crippen molar-refractivity contribution in [3.05, 3.63) is 59.7 Å². The second-order valence-corrected chi connectivity index (χ2v) is 6.50. The van der Waals surface area contributed by atoms with Gasteiger partial charge >= 0.3 is 0 Å². The third kappa shape index (κ3) is 4.07. The quantitative estimate of drug-likeness (QED) is 0.874. The number of ether oxygens (including phenoxy) is 1. The van der Waals surface area contributed by atoms with Crippen LogP contribution < -0.4 is 15.0 Å². The van der Waals surface area contributed by atoms with Gasteiger partial charge in [-0.05, 0) is 25.1 Å². The zero-order chi connectivity index (χ0) is 19.6. The van der Waals surface area contributed by atoms with Crippen molar-refractivity contribution in [3.63, 3.8) is 0 Å². The summed E-state index contributed by atoms with van der Waals surface area (Å²) in [4.78, 5) is 26.4. The molecule has 0 spiro atoms. The van der Waals surface area contributed by atoms with Gasteiger partial charge in [-0.3, -0.25) is 9.59 Å². The van der Waals surface area contributed by atoms with Gasteiger partial charge in [0.2, 0.25) is 11.8 Å². The zero-order valence-electron chi connectivity index (χ0n) is 15.0. The highest BCUT2D eigenvalue weighted by molar-refractivity contribution is 6.00. The van der Waals surface area contributed by atoms with Crippen LogP contribution in [0.4, 0.5) is 14.5 Å². The van der Waals surface area contributed by atoms with Crippen molar-refractivity contribution in [3.8, 4) is 5.75 Å². The molecule has 0 saturated carbocycles. The number of hydrogen-bond acceptors (Lipinski definition) is 3. The van der Waals surface area contributed by atoms with E-state index >= 15 is 0 Å². The molecule has 7 heteroatoms. The van der Waals surface area contributed by atoms with Crippen LogP contribution in [0.1, 0.15) is 24.9 Å². The Bertz CT molecular complexity index is 872. The number of nitrogens with zero attached hydrogens (tertiary/aromatic N) is 1. The summed E-state index contributed by atoms with van der Waals surface area (Å²) in [6, 6.07) is 9.64. The number of anilines is 1. The molecule has 1 N–H and O–H groups in total. The summed E-state index contributed by atoms with van der Waals surface area (Å²) in [5.74, 6) is -1.83. The fourth-order valence-corrected chi connectivity index (χ4v) is 3.17. The first-order valence-electron chi connectivity index (χ1n) is 8.58. The fraction of sp³-hybridized carbons (Fsp3) is 0.300. The molecule has 0 aliphatic carbocycles. The molecule has 0 unspecified atom stereocenters. The summed E-state index contributed by atoms with van der Waals surface area (Å²) in [7, 11) is 1.54. The normalized spacial score (nSPS) is 17.7. The van der Waals surface area contributed by atoms with Gasteiger partial charge in [-0.15, -0.1) is 0 Å². The van der Waals surface area contributed by atoms with Crippen molar-refractivity contribution in [2.24, 2.45) is 5.92 Å². The average molecular weight is 374 g/mol. The van der Waals surface area contributed by atoms with Crippen LogP contribution in [0.3, 0.4) is 0 Å². The lowest BCUT2D eigenvalue weighted by atomic mass is 10.0. The highest BCUT2D eigenvalue weighted by atomic mass is 19.1. The average Bonchev–Trinajstić information content (AvgIpc) is 3.03. The first-order chi connectivity index (χ1) is 12.9. The fourth-order valence-electron chi connectivity index (χ4n) is 3.17. The minimum Gasteiger partial charge on any atom is -0.497 e. The van der Waals surface area contributed by atoms with Gasteiger partial charge in [0.15, 0.2) is 0 Å². The number of halogens is 2. The third-order valence-electron chi connectivity index (χ3n) is 4.65. The number of hydrogen-bond donors (Lipinski definition) is 1. The standard InChI is InChI=1S/C20H20F2N2O3/c1-12(17-7-6-14(21)9-18(17)22)23-20(26)13-8-19(25)24(11-13)15-4-3-5-16(10-15)27-2/h3-7,9-10,12-13H,8,11H2,1-2H3,(H,23,26)/t12-,13-/m1/s1. The molecule has 3 rings (SSSR count). The third-order valence-corrected chi connectivity index (χ3v) is 4.65. The van der Waals surface area contributed by atoms with Crippen LogP contribution in [0.5, 0.6) is 5.75 Å². The lowest BCUT2D eigenvalue weighted by Crippen LogP contribution is -2.34. The van der Waals surface area contributed by atoms with Crippen LogP contribution in [-0.4, -0.2) is 25.5 Å². The summed E-state index contributed by atoms with van der Waals surface area (Å²) < 4.78 is 32.1. The molecule has 5 nitrogen and oxygen atoms in total. The maximum Gasteiger partial charge on any atom is 0.227 e. The van der Waals surface area contributed by atoms with Crippen molar-refractivity contribution >= 4 is 17.5 Å². The summed E-state index contributed by atoms with van der Waals surface area (Å²) >= 11 is 0. The molecular weight excluding hydrogens is 354 g/mol. The maximum atomic E-state index is 13.9. The molecule has 0 radical (unpaired) electrons. The van der Waals surface area contributed by atoms with Gasteiger partial charge < -0.3 is 15.0 Å². The number of methoxy groups -OCH3 is 1. The Morgan fingerprint density at radius 1 is 1.26 bits per heavy atom. The molecular formula is C20H20F2N2O3. The Morgan fingerprint density at radius 3 is 2.74 bits per heavy atom. The minimum atomic E-state index is -0.719. The van der Waals surface area contributed by atoms with Crippen molar-refractivity contribution in [1.82, 2.24) is 5.32 Å². The van der Waals surface area contributed by atoms with Crippen LogP contribution in [0.2, 0.25) is 0 Å². The molecule has 2 aromatic carbocycles. The lowest BCUT2D eigenvalue weighted by Gasteiger charge is -2.19. The van der Waals surface area contributed by atoms with Crippen molar-refractivity contribution in [2.75, 3.05) is 18.6 Å². The Morgan fingerprint density at radius 2 is 2.04 bits per heavy atom. The number of rotatable bonds is 5. The van der Waals surface area contributed by atoms with Crippen molar-refractivity contribution < 1.29 is 23.1 Å². The van der Waals surface area contributed by atoms with Crippen LogP contribution in [0.15, 0.2) is 42.5 Å². The van der Waals surface area contributed by atoms with Gasteiger partial charge in [0.05, 0.1) is 19.1 Å². The van der Waals surface area contributed by atoms with E-state index in [9.17, 15) is 18.4 Å². The predicted octanol–water partition coefficient (Wildman–Crippen LogP) is 3.20. The molecule has 142 valence electrons. The number of carbonyl (C=O) groups is 2. The number of carbonyl (C=O) groups excluding carboxylic acids is 2. The first-order valence-corrected chi connectivity index (χ1v) is 8.58. The van der Waals surface area contributed by atoms with Crippen molar-refractivity contribution in [1.29, 1.82) is 0 Å². The highest BCUT2D eigenvalue weighted by Crippen LogP contribution is 2.28. The second kappa shape index (κ2) is 7.73. The molecule has 2 aromatic rings.